The molecule has 1 aromatic carbocycles. The molecule has 1 aromatic rings. The number of ether oxygens (including phenoxy) is 1. The number of carbonyl (C=O) groups is 2. The second-order valence-corrected chi connectivity index (χ2v) is 4.87. The highest BCUT2D eigenvalue weighted by Crippen LogP contribution is 2.26. The van der Waals surface area contributed by atoms with Crippen molar-refractivity contribution in [1.82, 2.24) is 5.32 Å². The average Bonchev–Trinajstić information content (AvgIpc) is 2.40. The van der Waals surface area contributed by atoms with Crippen molar-refractivity contribution in [2.45, 2.75) is 34.1 Å². The van der Waals surface area contributed by atoms with Crippen molar-refractivity contribution in [2.75, 3.05) is 11.9 Å². The SMILES string of the molecule is CCCN=C(N)NC(=O)Nc1c(C)cc(OC(C)=O)cc1C. The fraction of sp³-hybridized carbons (Fsp3) is 0.400. The fourth-order valence-corrected chi connectivity index (χ4v) is 1.88. The van der Waals surface area contributed by atoms with Crippen LogP contribution in [0.5, 0.6) is 5.75 Å². The first kappa shape index (κ1) is 17.5. The van der Waals surface area contributed by atoms with E-state index in [2.05, 4.69) is 15.6 Å². The first-order valence-electron chi connectivity index (χ1n) is 7.01. The van der Waals surface area contributed by atoms with E-state index < -0.39 is 12.0 Å². The lowest BCUT2D eigenvalue weighted by Crippen LogP contribution is -2.40. The lowest BCUT2D eigenvalue weighted by Gasteiger charge is -2.14. The number of amides is 2. The van der Waals surface area contributed by atoms with Crippen molar-refractivity contribution >= 4 is 23.6 Å². The largest absolute Gasteiger partial charge is 0.427 e. The van der Waals surface area contributed by atoms with Gasteiger partial charge in [-0.05, 0) is 43.5 Å². The van der Waals surface area contributed by atoms with E-state index in [0.29, 0.717) is 18.0 Å². The zero-order valence-electron chi connectivity index (χ0n) is 13.3. The van der Waals surface area contributed by atoms with E-state index in [1.54, 1.807) is 12.1 Å². The number of nitrogens with two attached hydrogens (primary N) is 1. The molecule has 0 aliphatic rings. The summed E-state index contributed by atoms with van der Waals surface area (Å²) < 4.78 is 5.04. The van der Waals surface area contributed by atoms with Crippen molar-refractivity contribution in [3.8, 4) is 5.75 Å². The summed E-state index contributed by atoms with van der Waals surface area (Å²) in [6.07, 6.45) is 0.847. The number of aliphatic imine (C=N–C) groups is 1. The third kappa shape index (κ3) is 5.43. The van der Waals surface area contributed by atoms with E-state index in [1.165, 1.54) is 6.92 Å². The lowest BCUT2D eigenvalue weighted by molar-refractivity contribution is -0.131. The monoisotopic (exact) mass is 306 g/mol. The molecule has 4 N–H and O–H groups in total. The van der Waals surface area contributed by atoms with Crippen LogP contribution >= 0.6 is 0 Å². The molecule has 0 fully saturated rings. The highest BCUT2D eigenvalue weighted by Gasteiger charge is 2.11. The first-order chi connectivity index (χ1) is 10.3. The minimum atomic E-state index is -0.469. The minimum Gasteiger partial charge on any atom is -0.427 e. The van der Waals surface area contributed by atoms with Crippen LogP contribution in [0.2, 0.25) is 0 Å². The molecule has 7 heteroatoms. The summed E-state index contributed by atoms with van der Waals surface area (Å²) in [5.74, 6) is 0.126. The molecule has 22 heavy (non-hydrogen) atoms. The van der Waals surface area contributed by atoms with Crippen molar-refractivity contribution < 1.29 is 14.3 Å². The van der Waals surface area contributed by atoms with Crippen molar-refractivity contribution in [1.29, 1.82) is 0 Å². The van der Waals surface area contributed by atoms with Gasteiger partial charge >= 0.3 is 12.0 Å². The van der Waals surface area contributed by atoms with E-state index in [9.17, 15) is 9.59 Å². The van der Waals surface area contributed by atoms with Gasteiger partial charge in [0.2, 0.25) is 0 Å². The molecule has 1 rings (SSSR count). The van der Waals surface area contributed by atoms with Crippen LogP contribution in [-0.4, -0.2) is 24.5 Å². The quantitative estimate of drug-likeness (QED) is 0.342. The summed E-state index contributed by atoms with van der Waals surface area (Å²) in [4.78, 5) is 26.8. The summed E-state index contributed by atoms with van der Waals surface area (Å²) in [5, 5.41) is 5.17. The van der Waals surface area contributed by atoms with Crippen LogP contribution in [-0.2, 0) is 4.79 Å². The molecule has 0 atom stereocenters. The number of hydrogen-bond acceptors (Lipinski definition) is 4. The number of urea groups is 1. The lowest BCUT2D eigenvalue weighted by atomic mass is 10.1. The number of hydrogen-bond donors (Lipinski definition) is 3. The number of carbonyl (C=O) groups excluding carboxylic acids is 2. The van der Waals surface area contributed by atoms with Crippen LogP contribution in [0.4, 0.5) is 10.5 Å². The Morgan fingerprint density at radius 3 is 2.36 bits per heavy atom. The number of aryl methyl sites for hydroxylation is 2. The molecule has 0 saturated heterocycles. The maximum Gasteiger partial charge on any atom is 0.326 e. The zero-order chi connectivity index (χ0) is 16.7. The molecule has 0 saturated carbocycles. The van der Waals surface area contributed by atoms with E-state index in [-0.39, 0.29) is 5.96 Å². The fourth-order valence-electron chi connectivity index (χ4n) is 1.88. The molecule has 0 bridgehead atoms. The van der Waals surface area contributed by atoms with Crippen molar-refractivity contribution in [3.63, 3.8) is 0 Å². The Hall–Kier alpha value is -2.57. The number of anilines is 1. The molecule has 0 unspecified atom stereocenters. The molecule has 2 amide bonds. The number of esters is 1. The summed E-state index contributed by atoms with van der Waals surface area (Å²) in [6, 6.07) is 2.89. The highest BCUT2D eigenvalue weighted by molar-refractivity contribution is 6.02. The van der Waals surface area contributed by atoms with Gasteiger partial charge in [-0.1, -0.05) is 6.92 Å². The van der Waals surface area contributed by atoms with Crippen molar-refractivity contribution in [2.24, 2.45) is 10.7 Å². The smallest absolute Gasteiger partial charge is 0.326 e. The van der Waals surface area contributed by atoms with Gasteiger partial charge in [0, 0.05) is 19.2 Å². The maximum atomic E-state index is 11.9. The second-order valence-electron chi connectivity index (χ2n) is 4.87. The Kier molecular flexibility index (Phi) is 6.37. The molecule has 0 aromatic heterocycles. The van der Waals surface area contributed by atoms with Gasteiger partial charge in [0.05, 0.1) is 0 Å². The Balaban J connectivity index is 2.81. The average molecular weight is 306 g/mol. The van der Waals surface area contributed by atoms with Crippen LogP contribution in [0.15, 0.2) is 17.1 Å². The maximum absolute atomic E-state index is 11.9. The molecule has 120 valence electrons. The minimum absolute atomic E-state index is 0.0752. The zero-order valence-corrected chi connectivity index (χ0v) is 13.3. The summed E-state index contributed by atoms with van der Waals surface area (Å²) in [5.41, 5.74) is 7.77. The van der Waals surface area contributed by atoms with Crippen LogP contribution < -0.4 is 21.1 Å². The predicted molar refractivity (Wildman–Crippen MR) is 86.2 cm³/mol. The number of benzene rings is 1. The molecule has 0 aliphatic heterocycles. The summed E-state index contributed by atoms with van der Waals surface area (Å²) >= 11 is 0. The third-order valence-electron chi connectivity index (χ3n) is 2.75. The van der Waals surface area contributed by atoms with Gasteiger partial charge in [0.25, 0.3) is 0 Å². The summed E-state index contributed by atoms with van der Waals surface area (Å²) in [7, 11) is 0. The van der Waals surface area contributed by atoms with E-state index in [1.807, 2.05) is 20.8 Å². The van der Waals surface area contributed by atoms with Crippen LogP contribution in [0.3, 0.4) is 0 Å². The Bertz CT molecular complexity index is 573. The number of nitrogens with one attached hydrogen (secondary N) is 2. The molecule has 0 heterocycles. The van der Waals surface area contributed by atoms with Gasteiger partial charge in [-0.25, -0.2) is 4.79 Å². The standard InChI is InChI=1S/C15H22N4O3/c1-5-6-17-14(16)19-15(21)18-13-9(2)7-12(8-10(13)3)22-11(4)20/h7-8H,5-6H2,1-4H3,(H4,16,17,18,19,21). The number of guanidine groups is 1. The Morgan fingerprint density at radius 1 is 1.27 bits per heavy atom. The second kappa shape index (κ2) is 8.02. The first-order valence-corrected chi connectivity index (χ1v) is 7.01. The van der Waals surface area contributed by atoms with Gasteiger partial charge in [0.1, 0.15) is 5.75 Å². The van der Waals surface area contributed by atoms with Gasteiger partial charge in [-0.15, -0.1) is 0 Å². The van der Waals surface area contributed by atoms with Gasteiger partial charge in [0.15, 0.2) is 5.96 Å². The topological polar surface area (TPSA) is 106 Å². The Labute approximate surface area is 129 Å². The number of nitrogens with zero attached hydrogens (tertiary/aromatic N) is 1. The van der Waals surface area contributed by atoms with Crippen LogP contribution in [0, 0.1) is 13.8 Å². The number of rotatable bonds is 4. The van der Waals surface area contributed by atoms with Gasteiger partial charge in [-0.3, -0.25) is 15.1 Å². The molecule has 0 aliphatic carbocycles. The molecule has 7 nitrogen and oxygen atoms in total. The van der Waals surface area contributed by atoms with E-state index in [0.717, 1.165) is 17.5 Å². The van der Waals surface area contributed by atoms with Crippen molar-refractivity contribution in [3.05, 3.63) is 23.3 Å². The Morgan fingerprint density at radius 2 is 1.86 bits per heavy atom. The van der Waals surface area contributed by atoms with Gasteiger partial charge < -0.3 is 15.8 Å². The predicted octanol–water partition coefficient (Wildman–Crippen LogP) is 2.07. The van der Waals surface area contributed by atoms with E-state index in [4.69, 9.17) is 10.5 Å². The molecular formula is C15H22N4O3. The molecular weight excluding hydrogens is 284 g/mol. The highest BCUT2D eigenvalue weighted by atomic mass is 16.5. The normalized spacial score (nSPS) is 11.0. The van der Waals surface area contributed by atoms with Crippen LogP contribution in [0.25, 0.3) is 0 Å². The molecule has 0 radical (unpaired) electrons. The van der Waals surface area contributed by atoms with E-state index >= 15 is 0 Å². The van der Waals surface area contributed by atoms with Crippen LogP contribution in [0.1, 0.15) is 31.4 Å². The molecule has 0 spiro atoms. The third-order valence-corrected chi connectivity index (χ3v) is 2.75. The van der Waals surface area contributed by atoms with Gasteiger partial charge in [-0.2, -0.15) is 0 Å². The summed E-state index contributed by atoms with van der Waals surface area (Å²) in [6.45, 7) is 7.48.